The highest BCUT2D eigenvalue weighted by molar-refractivity contribution is 7.99. The van der Waals surface area contributed by atoms with Crippen molar-refractivity contribution in [2.45, 2.75) is 50.1 Å². The predicted octanol–water partition coefficient (Wildman–Crippen LogP) is 5.99. The molecule has 40 heavy (non-hydrogen) atoms. The SMILES string of the molecule is CCN(CC)S(=O)(=O)c1cccc(-c2nnc(SCC(=O)Nc3ccc(C(C)(C)C)cc3)n2-c2ccccc2)c1. The topological polar surface area (TPSA) is 97.2 Å². The smallest absolute Gasteiger partial charge is 0.243 e. The molecule has 0 aliphatic rings. The van der Waals surface area contributed by atoms with E-state index in [0.29, 0.717) is 29.6 Å². The average Bonchev–Trinajstić information content (AvgIpc) is 3.37. The minimum absolute atomic E-state index is 0.0344. The zero-order valence-corrected chi connectivity index (χ0v) is 25.1. The molecule has 0 bridgehead atoms. The van der Waals surface area contributed by atoms with E-state index in [0.717, 1.165) is 11.4 Å². The molecule has 0 saturated heterocycles. The van der Waals surface area contributed by atoms with E-state index in [2.05, 4.69) is 36.3 Å². The number of carbonyl (C=O) groups is 1. The number of nitrogens with zero attached hydrogens (tertiary/aromatic N) is 4. The van der Waals surface area contributed by atoms with Crippen LogP contribution in [0.3, 0.4) is 0 Å². The molecule has 8 nitrogen and oxygen atoms in total. The number of benzene rings is 3. The maximum atomic E-state index is 13.2. The number of rotatable bonds is 10. The van der Waals surface area contributed by atoms with Crippen molar-refractivity contribution in [3.8, 4) is 17.1 Å². The lowest BCUT2D eigenvalue weighted by Crippen LogP contribution is -2.30. The first-order valence-electron chi connectivity index (χ1n) is 13.2. The van der Waals surface area contributed by atoms with Gasteiger partial charge in [-0.25, -0.2) is 8.42 Å². The van der Waals surface area contributed by atoms with Gasteiger partial charge in [0.25, 0.3) is 0 Å². The Balaban J connectivity index is 1.60. The molecule has 4 rings (SSSR count). The molecule has 0 aliphatic heterocycles. The van der Waals surface area contributed by atoms with Crippen molar-refractivity contribution in [1.29, 1.82) is 0 Å². The quantitative estimate of drug-likeness (QED) is 0.233. The van der Waals surface area contributed by atoms with Crippen molar-refractivity contribution in [1.82, 2.24) is 19.1 Å². The Hall–Kier alpha value is -3.47. The number of thioether (sulfide) groups is 1. The van der Waals surface area contributed by atoms with Gasteiger partial charge < -0.3 is 5.32 Å². The third-order valence-electron chi connectivity index (χ3n) is 6.45. The number of hydrogen-bond donors (Lipinski definition) is 1. The van der Waals surface area contributed by atoms with Crippen LogP contribution >= 0.6 is 11.8 Å². The summed E-state index contributed by atoms with van der Waals surface area (Å²) >= 11 is 1.26. The lowest BCUT2D eigenvalue weighted by molar-refractivity contribution is -0.113. The molecular weight excluding hydrogens is 542 g/mol. The minimum atomic E-state index is -3.65. The molecule has 1 N–H and O–H groups in total. The van der Waals surface area contributed by atoms with E-state index in [1.807, 2.05) is 79.1 Å². The van der Waals surface area contributed by atoms with E-state index in [1.165, 1.54) is 21.6 Å². The number of para-hydroxylation sites is 1. The highest BCUT2D eigenvalue weighted by Crippen LogP contribution is 2.30. The Morgan fingerprint density at radius 3 is 2.23 bits per heavy atom. The van der Waals surface area contributed by atoms with Gasteiger partial charge >= 0.3 is 0 Å². The van der Waals surface area contributed by atoms with Crippen LogP contribution in [0.25, 0.3) is 17.1 Å². The number of carbonyl (C=O) groups excluding carboxylic acids is 1. The third kappa shape index (κ3) is 6.63. The van der Waals surface area contributed by atoms with Crippen LogP contribution in [-0.2, 0) is 20.2 Å². The number of aromatic nitrogens is 3. The fourth-order valence-corrected chi connectivity index (χ4v) is 6.51. The molecule has 4 aromatic rings. The van der Waals surface area contributed by atoms with E-state index in [1.54, 1.807) is 18.2 Å². The van der Waals surface area contributed by atoms with Crippen LogP contribution in [0.5, 0.6) is 0 Å². The van der Waals surface area contributed by atoms with Crippen molar-refractivity contribution in [3.63, 3.8) is 0 Å². The van der Waals surface area contributed by atoms with Gasteiger partial charge in [-0.1, -0.05) is 88.8 Å². The van der Waals surface area contributed by atoms with Crippen molar-refractivity contribution >= 4 is 33.4 Å². The summed E-state index contributed by atoms with van der Waals surface area (Å²) in [5.74, 6) is 0.455. The molecule has 0 fully saturated rings. The van der Waals surface area contributed by atoms with E-state index in [9.17, 15) is 13.2 Å². The van der Waals surface area contributed by atoms with Crippen LogP contribution < -0.4 is 5.32 Å². The summed E-state index contributed by atoms with van der Waals surface area (Å²) in [6.45, 7) is 10.8. The molecule has 0 radical (unpaired) electrons. The molecule has 1 amide bonds. The summed E-state index contributed by atoms with van der Waals surface area (Å²) in [7, 11) is -3.65. The highest BCUT2D eigenvalue weighted by Gasteiger charge is 2.24. The zero-order chi connectivity index (χ0) is 28.9. The third-order valence-corrected chi connectivity index (χ3v) is 9.43. The standard InChI is InChI=1S/C30H35N5O3S2/c1-6-34(7-2)40(37,38)26-15-11-12-22(20-26)28-32-33-29(35(28)25-13-9-8-10-14-25)39-21-27(36)31-24-18-16-23(17-19-24)30(3,4)5/h8-20H,6-7,21H2,1-5H3,(H,31,36). The van der Waals surface area contributed by atoms with Crippen LogP contribution in [0, 0.1) is 0 Å². The maximum Gasteiger partial charge on any atom is 0.243 e. The summed E-state index contributed by atoms with van der Waals surface area (Å²) in [5.41, 5.74) is 3.37. The first kappa shape index (κ1) is 29.5. The normalized spacial score (nSPS) is 12.1. The van der Waals surface area contributed by atoms with Gasteiger partial charge in [0.2, 0.25) is 15.9 Å². The zero-order valence-electron chi connectivity index (χ0n) is 23.5. The van der Waals surface area contributed by atoms with Gasteiger partial charge in [0.1, 0.15) is 0 Å². The molecule has 0 spiro atoms. The van der Waals surface area contributed by atoms with Crippen molar-refractivity contribution in [2.75, 3.05) is 24.2 Å². The summed E-state index contributed by atoms with van der Waals surface area (Å²) in [5, 5.41) is 12.3. The molecule has 10 heteroatoms. The Morgan fingerprint density at radius 1 is 0.925 bits per heavy atom. The first-order chi connectivity index (χ1) is 19.0. The second-order valence-electron chi connectivity index (χ2n) is 10.3. The van der Waals surface area contributed by atoms with Gasteiger partial charge in [0, 0.05) is 30.0 Å². The Bertz CT molecular complexity index is 1560. The number of hydrogen-bond acceptors (Lipinski definition) is 6. The van der Waals surface area contributed by atoms with Crippen LogP contribution in [0.1, 0.15) is 40.2 Å². The van der Waals surface area contributed by atoms with E-state index < -0.39 is 10.0 Å². The summed E-state index contributed by atoms with van der Waals surface area (Å²) in [4.78, 5) is 13.0. The molecule has 0 atom stereocenters. The van der Waals surface area contributed by atoms with Gasteiger partial charge in [-0.2, -0.15) is 4.31 Å². The molecule has 1 heterocycles. The van der Waals surface area contributed by atoms with Gasteiger partial charge in [0.15, 0.2) is 11.0 Å². The lowest BCUT2D eigenvalue weighted by Gasteiger charge is -2.19. The molecule has 0 aliphatic carbocycles. The molecule has 0 unspecified atom stereocenters. The predicted molar refractivity (Wildman–Crippen MR) is 161 cm³/mol. The Morgan fingerprint density at radius 2 is 1.60 bits per heavy atom. The summed E-state index contributed by atoms with van der Waals surface area (Å²) in [6.07, 6.45) is 0. The fraction of sp³-hybridized carbons (Fsp3) is 0.300. The Labute approximate surface area is 240 Å². The first-order valence-corrected chi connectivity index (χ1v) is 15.6. The second kappa shape index (κ2) is 12.4. The van der Waals surface area contributed by atoms with Gasteiger partial charge in [0.05, 0.1) is 10.6 Å². The molecular formula is C30H35N5O3S2. The largest absolute Gasteiger partial charge is 0.325 e. The van der Waals surface area contributed by atoms with Crippen LogP contribution in [0.2, 0.25) is 0 Å². The van der Waals surface area contributed by atoms with E-state index >= 15 is 0 Å². The number of amides is 1. The number of sulfonamides is 1. The summed E-state index contributed by atoms with van der Waals surface area (Å²) in [6, 6.07) is 24.2. The molecule has 0 saturated carbocycles. The van der Waals surface area contributed by atoms with E-state index in [4.69, 9.17) is 0 Å². The lowest BCUT2D eigenvalue weighted by atomic mass is 9.87. The monoisotopic (exact) mass is 577 g/mol. The highest BCUT2D eigenvalue weighted by atomic mass is 32.2. The van der Waals surface area contributed by atoms with E-state index in [-0.39, 0.29) is 22.0 Å². The molecule has 3 aromatic carbocycles. The van der Waals surface area contributed by atoms with Crippen LogP contribution in [0.15, 0.2) is 88.9 Å². The van der Waals surface area contributed by atoms with Crippen LogP contribution in [-0.4, -0.2) is 52.2 Å². The van der Waals surface area contributed by atoms with Gasteiger partial charge in [-0.3, -0.25) is 9.36 Å². The molecule has 210 valence electrons. The van der Waals surface area contributed by atoms with Crippen molar-refractivity contribution < 1.29 is 13.2 Å². The number of anilines is 1. The molecule has 1 aromatic heterocycles. The average molecular weight is 578 g/mol. The number of nitrogens with one attached hydrogen (secondary N) is 1. The second-order valence-corrected chi connectivity index (χ2v) is 13.1. The van der Waals surface area contributed by atoms with Gasteiger partial charge in [-0.15, -0.1) is 10.2 Å². The van der Waals surface area contributed by atoms with Crippen LogP contribution in [0.4, 0.5) is 5.69 Å². The van der Waals surface area contributed by atoms with Crippen molar-refractivity contribution in [2.24, 2.45) is 0 Å². The minimum Gasteiger partial charge on any atom is -0.325 e. The van der Waals surface area contributed by atoms with Gasteiger partial charge in [-0.05, 0) is 47.4 Å². The Kier molecular flexibility index (Phi) is 9.12. The summed E-state index contributed by atoms with van der Waals surface area (Å²) < 4.78 is 29.6. The fourth-order valence-electron chi connectivity index (χ4n) is 4.25. The maximum absolute atomic E-state index is 13.2. The van der Waals surface area contributed by atoms with Crippen molar-refractivity contribution in [3.05, 3.63) is 84.4 Å².